The van der Waals surface area contributed by atoms with Crippen molar-refractivity contribution in [3.63, 3.8) is 0 Å². The van der Waals surface area contributed by atoms with Crippen molar-refractivity contribution in [3.8, 4) is 0 Å². The van der Waals surface area contributed by atoms with Gasteiger partial charge in [-0.25, -0.2) is 17.6 Å². The number of carbonyl (C=O) groups is 2. The molecule has 0 saturated heterocycles. The van der Waals surface area contributed by atoms with Gasteiger partial charge in [-0.15, -0.1) is 0 Å². The number of hydrogen-bond donors (Lipinski definition) is 4. The summed E-state index contributed by atoms with van der Waals surface area (Å²) in [7, 11) is 1.54. The molecule has 0 aliphatic heterocycles. The Morgan fingerprint density at radius 3 is 2.57 bits per heavy atom. The summed E-state index contributed by atoms with van der Waals surface area (Å²) in [5.41, 5.74) is -0.873. The normalized spacial score (nSPS) is 18.0. The summed E-state index contributed by atoms with van der Waals surface area (Å²) in [5, 5.41) is 17.7. The number of nitrogens with zero attached hydrogens (tertiary/aromatic N) is 3. The number of fused-ring (bicyclic) bond motifs is 3. The molecule has 4 N–H and O–H groups in total. The molecule has 3 aromatic rings. The highest BCUT2D eigenvalue weighted by molar-refractivity contribution is 7.97. The fourth-order valence-electron chi connectivity index (χ4n) is 6.05. The summed E-state index contributed by atoms with van der Waals surface area (Å²) < 4.78 is 89.0. The average molecular weight is 688 g/mol. The third-order valence-corrected chi connectivity index (χ3v) is 8.64. The number of amidine groups is 1. The zero-order valence-electron chi connectivity index (χ0n) is 24.3. The number of anilines is 2. The number of carbonyl (C=O) groups excluding carboxylic acids is 2. The van der Waals surface area contributed by atoms with E-state index in [1.807, 2.05) is 0 Å². The molecule has 2 aromatic carbocycles. The van der Waals surface area contributed by atoms with Gasteiger partial charge in [0.1, 0.15) is 35.4 Å². The Bertz CT molecular complexity index is 1670. The molecule has 246 valence electrons. The van der Waals surface area contributed by atoms with Crippen LogP contribution >= 0.6 is 23.5 Å². The lowest BCUT2D eigenvalue weighted by molar-refractivity contribution is -0.123. The maximum absolute atomic E-state index is 15.0. The first-order valence-electron chi connectivity index (χ1n) is 13.9. The van der Waals surface area contributed by atoms with Crippen LogP contribution in [-0.2, 0) is 28.5 Å². The second-order valence-corrected chi connectivity index (χ2v) is 11.9. The fourth-order valence-corrected chi connectivity index (χ4v) is 6.61. The van der Waals surface area contributed by atoms with E-state index in [0.29, 0.717) is 17.2 Å². The predicted octanol–water partition coefficient (Wildman–Crippen LogP) is 5.59. The van der Waals surface area contributed by atoms with Crippen molar-refractivity contribution in [2.75, 3.05) is 30.1 Å². The van der Waals surface area contributed by atoms with Crippen molar-refractivity contribution in [3.05, 3.63) is 75.1 Å². The van der Waals surface area contributed by atoms with Crippen LogP contribution in [0.15, 0.2) is 30.3 Å². The number of alkyl halides is 4. The molecule has 1 fully saturated rings. The van der Waals surface area contributed by atoms with Gasteiger partial charge in [-0.3, -0.25) is 19.7 Å². The van der Waals surface area contributed by atoms with E-state index in [4.69, 9.17) is 17.0 Å². The number of amides is 2. The highest BCUT2D eigenvalue weighted by Crippen LogP contribution is 2.68. The molecular formula is C29H28ClF6N7O2S. The molecule has 0 radical (unpaired) electrons. The molecule has 3 atom stereocenters. The minimum absolute atomic E-state index is 0.0548. The van der Waals surface area contributed by atoms with Crippen LogP contribution in [0.4, 0.5) is 37.7 Å². The summed E-state index contributed by atoms with van der Waals surface area (Å²) in [5.74, 6) is -8.07. The smallest absolute Gasteiger partial charge is 0.293 e. The van der Waals surface area contributed by atoms with Crippen LogP contribution in [0.25, 0.3) is 0 Å². The largest absolute Gasteiger partial charge is 0.386 e. The molecular weight excluding hydrogens is 660 g/mol. The summed E-state index contributed by atoms with van der Waals surface area (Å²) in [4.78, 5) is 26.9. The third kappa shape index (κ3) is 6.36. The Balaban J connectivity index is 1.46. The van der Waals surface area contributed by atoms with Crippen molar-refractivity contribution in [1.82, 2.24) is 19.8 Å². The van der Waals surface area contributed by atoms with Crippen LogP contribution in [0.1, 0.15) is 46.8 Å². The van der Waals surface area contributed by atoms with Crippen LogP contribution < -0.4 is 20.3 Å². The quantitative estimate of drug-likeness (QED) is 0.0613. The van der Waals surface area contributed by atoms with E-state index < -0.39 is 65.7 Å². The zero-order valence-corrected chi connectivity index (χ0v) is 25.9. The van der Waals surface area contributed by atoms with Crippen molar-refractivity contribution in [2.45, 2.75) is 43.7 Å². The molecule has 17 heteroatoms. The lowest BCUT2D eigenvalue weighted by atomic mass is 10.0. The molecule has 1 saturated carbocycles. The number of hydrogen-bond acceptors (Lipinski definition) is 6. The Labute approximate surface area is 268 Å². The van der Waals surface area contributed by atoms with E-state index in [-0.39, 0.29) is 58.3 Å². The van der Waals surface area contributed by atoms with Gasteiger partial charge in [0.05, 0.1) is 28.0 Å². The predicted molar refractivity (Wildman–Crippen MR) is 162 cm³/mol. The lowest BCUT2D eigenvalue weighted by Gasteiger charge is -2.28. The molecule has 9 nitrogen and oxygen atoms in total. The number of benzene rings is 2. The number of nitrogens with one attached hydrogen (secondary N) is 4. The summed E-state index contributed by atoms with van der Waals surface area (Å²) in [6, 6.07) is 4.60. The summed E-state index contributed by atoms with van der Waals surface area (Å²) in [6.45, 7) is -1.14. The van der Waals surface area contributed by atoms with Gasteiger partial charge in [0, 0.05) is 37.4 Å². The maximum atomic E-state index is 15.0. The Hall–Kier alpha value is -3.92. The minimum atomic E-state index is -3.44. The topological polar surface area (TPSA) is 115 Å². The van der Waals surface area contributed by atoms with Gasteiger partial charge in [-0.05, 0) is 48.6 Å². The zero-order chi connectivity index (χ0) is 33.5. The third-order valence-electron chi connectivity index (χ3n) is 7.92. The first-order chi connectivity index (χ1) is 21.8. The van der Waals surface area contributed by atoms with Crippen molar-refractivity contribution in [2.24, 2.45) is 5.92 Å². The molecule has 2 aliphatic rings. The molecule has 46 heavy (non-hydrogen) atoms. The van der Waals surface area contributed by atoms with Crippen LogP contribution in [0.3, 0.4) is 0 Å². The summed E-state index contributed by atoms with van der Waals surface area (Å²) >= 11 is 7.51. The highest BCUT2D eigenvalue weighted by Gasteiger charge is 2.67. The number of aromatic nitrogens is 2. The fraction of sp³-hybridized carbons (Fsp3) is 0.379. The monoisotopic (exact) mass is 687 g/mol. The lowest BCUT2D eigenvalue weighted by Crippen LogP contribution is -2.46. The average Bonchev–Trinajstić information content (AvgIpc) is 3.63. The molecule has 1 heterocycles. The van der Waals surface area contributed by atoms with Gasteiger partial charge in [-0.2, -0.15) is 13.9 Å². The minimum Gasteiger partial charge on any atom is -0.386 e. The van der Waals surface area contributed by atoms with E-state index in [1.165, 1.54) is 17.0 Å². The molecule has 0 bridgehead atoms. The second-order valence-electron chi connectivity index (χ2n) is 10.9. The van der Waals surface area contributed by atoms with Crippen LogP contribution in [0.5, 0.6) is 0 Å². The van der Waals surface area contributed by atoms with Crippen molar-refractivity contribution < 1.29 is 35.9 Å². The molecule has 2 amide bonds. The van der Waals surface area contributed by atoms with Crippen molar-refractivity contribution >= 4 is 53.1 Å². The van der Waals surface area contributed by atoms with E-state index >= 15 is 8.78 Å². The molecule has 1 aromatic heterocycles. The Kier molecular flexibility index (Phi) is 9.50. The van der Waals surface area contributed by atoms with Crippen LogP contribution in [-0.4, -0.2) is 53.8 Å². The van der Waals surface area contributed by atoms with E-state index in [1.54, 1.807) is 13.3 Å². The Morgan fingerprint density at radius 1 is 1.26 bits per heavy atom. The second kappa shape index (κ2) is 13.1. The van der Waals surface area contributed by atoms with E-state index in [9.17, 15) is 27.2 Å². The first kappa shape index (κ1) is 33.4. The van der Waals surface area contributed by atoms with Gasteiger partial charge < -0.3 is 20.3 Å². The number of rotatable bonds is 13. The van der Waals surface area contributed by atoms with Crippen molar-refractivity contribution in [1.29, 1.82) is 5.41 Å². The molecule has 0 spiro atoms. The van der Waals surface area contributed by atoms with E-state index in [0.717, 1.165) is 24.1 Å². The Morgan fingerprint density at radius 2 is 1.96 bits per heavy atom. The van der Waals surface area contributed by atoms with Crippen LogP contribution in [0, 0.1) is 23.0 Å². The summed E-state index contributed by atoms with van der Waals surface area (Å²) in [6.07, 6.45) is -1.15. The molecule has 3 unspecified atom stereocenters. The molecule has 2 aliphatic carbocycles. The first-order valence-corrected chi connectivity index (χ1v) is 15.5. The van der Waals surface area contributed by atoms with Gasteiger partial charge in [0.25, 0.3) is 12.3 Å². The van der Waals surface area contributed by atoms with Gasteiger partial charge in [0.15, 0.2) is 0 Å². The van der Waals surface area contributed by atoms with Gasteiger partial charge >= 0.3 is 0 Å². The standard InChI is InChI=1S/C29H28ClF6N7O2S/c1-38-24-20(4-3-19(30)23(24)28(37)41-46-2)42(12-44)10-16(7-13-5-14(31)8-15(32)6-13)39-21(45)11-43-26-22(25(40-43)27(33)34)17-9-18(17)29(26,35)36/h3-6,8,12,16-18,27,38H,7,9-11H2,1-2H3,(H2,37,41)(H,39,45). The number of halogens is 7. The SMILES string of the molecule is CNc1c(N(C=O)CC(Cc2cc(F)cc(F)c2)NC(=O)Cn2nc(C(F)F)c3c2C(F)(F)C2CC32)ccc(Cl)c1C(=N)NSC. The van der Waals surface area contributed by atoms with Crippen LogP contribution in [0.2, 0.25) is 5.02 Å². The van der Waals surface area contributed by atoms with Gasteiger partial charge in [0.2, 0.25) is 12.3 Å². The van der Waals surface area contributed by atoms with Gasteiger partial charge in [-0.1, -0.05) is 23.5 Å². The van der Waals surface area contributed by atoms with E-state index in [2.05, 4.69) is 20.5 Å². The maximum Gasteiger partial charge on any atom is 0.293 e. The molecule has 5 rings (SSSR count). The highest BCUT2D eigenvalue weighted by atomic mass is 35.5.